The van der Waals surface area contributed by atoms with Crippen LogP contribution < -0.4 is 14.8 Å². The summed E-state index contributed by atoms with van der Waals surface area (Å²) in [5.74, 6) is -0.175. The fourth-order valence-electron chi connectivity index (χ4n) is 1.90. The molecule has 0 saturated heterocycles. The summed E-state index contributed by atoms with van der Waals surface area (Å²) in [4.78, 5) is 32.1. The van der Waals surface area contributed by atoms with Gasteiger partial charge >= 0.3 is 5.97 Å². The van der Waals surface area contributed by atoms with Crippen LogP contribution in [0.2, 0.25) is 0 Å². The smallest absolute Gasteiger partial charge is 0.359 e. The molecular weight excluding hydrogens is 326 g/mol. The lowest BCUT2D eigenvalue weighted by molar-refractivity contribution is -0.123. The van der Waals surface area contributed by atoms with Crippen molar-refractivity contribution in [2.45, 2.75) is 20.0 Å². The van der Waals surface area contributed by atoms with E-state index in [1.165, 1.54) is 33.5 Å². The topological polar surface area (TPSA) is 99.6 Å². The number of aryl methyl sites for hydroxylation is 1. The first-order chi connectivity index (χ1) is 11.9. The zero-order valence-electron chi connectivity index (χ0n) is 14.4. The van der Waals surface area contributed by atoms with Gasteiger partial charge in [-0.25, -0.2) is 9.78 Å². The van der Waals surface area contributed by atoms with E-state index in [0.717, 1.165) is 0 Å². The molecule has 25 heavy (non-hydrogen) atoms. The molecule has 0 aliphatic carbocycles. The predicted octanol–water partition coefficient (Wildman–Crippen LogP) is 1.99. The number of carbonyl (C=O) groups excluding carboxylic acids is 2. The molecule has 132 valence electrons. The van der Waals surface area contributed by atoms with E-state index in [4.69, 9.17) is 14.2 Å². The van der Waals surface area contributed by atoms with Gasteiger partial charge in [0.05, 0.1) is 26.1 Å². The summed E-state index contributed by atoms with van der Waals surface area (Å²) in [6.45, 7) is 3.22. The van der Waals surface area contributed by atoms with Gasteiger partial charge in [0, 0.05) is 30.1 Å². The van der Waals surface area contributed by atoms with Gasteiger partial charge in [0.1, 0.15) is 11.5 Å². The first-order valence-electron chi connectivity index (χ1n) is 7.46. The van der Waals surface area contributed by atoms with Crippen LogP contribution in [-0.2, 0) is 9.53 Å². The number of ether oxygens (including phenoxy) is 3. The van der Waals surface area contributed by atoms with Crippen molar-refractivity contribution in [3.05, 3.63) is 42.0 Å². The normalized spacial score (nSPS) is 11.4. The molecule has 0 saturated carbocycles. The highest BCUT2D eigenvalue weighted by molar-refractivity contribution is 5.97. The average molecular weight is 345 g/mol. The minimum Gasteiger partial charge on any atom is -0.497 e. The second-order valence-corrected chi connectivity index (χ2v) is 5.18. The second kappa shape index (κ2) is 8.09. The molecule has 0 unspecified atom stereocenters. The molecule has 0 spiro atoms. The molecular formula is C17H19N3O5. The van der Waals surface area contributed by atoms with E-state index in [-0.39, 0.29) is 5.69 Å². The Balaban J connectivity index is 2.02. The third-order valence-corrected chi connectivity index (χ3v) is 3.26. The van der Waals surface area contributed by atoms with E-state index in [2.05, 4.69) is 15.3 Å². The van der Waals surface area contributed by atoms with Gasteiger partial charge in [-0.2, -0.15) is 0 Å². The molecule has 0 radical (unpaired) electrons. The molecule has 2 aromatic rings. The number of aromatic nitrogens is 2. The molecule has 2 rings (SSSR count). The fraction of sp³-hybridized carbons (Fsp3) is 0.294. The lowest BCUT2D eigenvalue weighted by atomic mass is 10.2. The van der Waals surface area contributed by atoms with Crippen LogP contribution in [-0.4, -0.2) is 42.2 Å². The molecule has 8 nitrogen and oxygen atoms in total. The van der Waals surface area contributed by atoms with Gasteiger partial charge in [0.15, 0.2) is 11.8 Å². The van der Waals surface area contributed by atoms with Gasteiger partial charge in [-0.3, -0.25) is 9.78 Å². The van der Waals surface area contributed by atoms with Crippen molar-refractivity contribution >= 4 is 17.6 Å². The lowest BCUT2D eigenvalue weighted by Gasteiger charge is -2.14. The zero-order valence-corrected chi connectivity index (χ0v) is 14.4. The molecule has 0 fully saturated rings. The largest absolute Gasteiger partial charge is 0.497 e. The van der Waals surface area contributed by atoms with Crippen LogP contribution in [0.15, 0.2) is 30.6 Å². The van der Waals surface area contributed by atoms with Gasteiger partial charge in [-0.15, -0.1) is 0 Å². The van der Waals surface area contributed by atoms with Gasteiger partial charge < -0.3 is 19.5 Å². The van der Waals surface area contributed by atoms with Gasteiger partial charge in [0.2, 0.25) is 0 Å². The Bertz CT molecular complexity index is 739. The number of rotatable bonds is 6. The van der Waals surface area contributed by atoms with Gasteiger partial charge in [-0.05, 0) is 13.8 Å². The van der Waals surface area contributed by atoms with Crippen molar-refractivity contribution in [2.24, 2.45) is 0 Å². The van der Waals surface area contributed by atoms with E-state index in [9.17, 15) is 9.59 Å². The van der Waals surface area contributed by atoms with Crippen LogP contribution in [0.25, 0.3) is 0 Å². The van der Waals surface area contributed by atoms with Crippen molar-refractivity contribution < 1.29 is 23.8 Å². The minimum atomic E-state index is -1.02. The van der Waals surface area contributed by atoms with Crippen molar-refractivity contribution in [1.82, 2.24) is 9.97 Å². The molecule has 0 bridgehead atoms. The highest BCUT2D eigenvalue weighted by Crippen LogP contribution is 2.25. The molecule has 1 aromatic heterocycles. The molecule has 1 N–H and O–H groups in total. The van der Waals surface area contributed by atoms with Crippen molar-refractivity contribution in [3.8, 4) is 11.5 Å². The Hall–Kier alpha value is -3.16. The van der Waals surface area contributed by atoms with E-state index in [1.54, 1.807) is 25.1 Å². The van der Waals surface area contributed by atoms with Crippen LogP contribution in [0.4, 0.5) is 5.69 Å². The lowest BCUT2D eigenvalue weighted by Crippen LogP contribution is -2.30. The summed E-state index contributed by atoms with van der Waals surface area (Å²) >= 11 is 0. The Labute approximate surface area is 145 Å². The van der Waals surface area contributed by atoms with Crippen LogP contribution >= 0.6 is 0 Å². The number of nitrogens with zero attached hydrogens (tertiary/aromatic N) is 2. The van der Waals surface area contributed by atoms with Gasteiger partial charge in [-0.1, -0.05) is 0 Å². The molecule has 1 amide bonds. The zero-order chi connectivity index (χ0) is 18.4. The number of hydrogen-bond acceptors (Lipinski definition) is 7. The summed E-state index contributed by atoms with van der Waals surface area (Å²) in [5.41, 5.74) is 1.17. The highest BCUT2D eigenvalue weighted by Gasteiger charge is 2.20. The number of anilines is 1. The standard InChI is InChI=1S/C17H19N3O5/c1-10-8-19-15(9-18-10)17(22)25-11(2)16(21)20-12-5-13(23-3)7-14(6-12)24-4/h5-9,11H,1-4H3,(H,20,21)/t11-/m0/s1. The quantitative estimate of drug-likeness (QED) is 0.799. The van der Waals surface area contributed by atoms with E-state index in [0.29, 0.717) is 22.9 Å². The summed E-state index contributed by atoms with van der Waals surface area (Å²) in [6.07, 6.45) is 1.73. The third-order valence-electron chi connectivity index (χ3n) is 3.26. The van der Waals surface area contributed by atoms with Crippen LogP contribution in [0.5, 0.6) is 11.5 Å². The number of nitrogens with one attached hydrogen (secondary N) is 1. The maximum atomic E-state index is 12.2. The molecule has 0 aliphatic heterocycles. The third kappa shape index (κ3) is 4.90. The monoisotopic (exact) mass is 345 g/mol. The maximum absolute atomic E-state index is 12.2. The predicted molar refractivity (Wildman–Crippen MR) is 89.8 cm³/mol. The van der Waals surface area contributed by atoms with Crippen molar-refractivity contribution in [2.75, 3.05) is 19.5 Å². The highest BCUT2D eigenvalue weighted by atomic mass is 16.5. The summed E-state index contributed by atoms with van der Waals surface area (Å²) in [6, 6.07) is 4.93. The Morgan fingerprint density at radius 3 is 2.20 bits per heavy atom. The number of benzene rings is 1. The van der Waals surface area contributed by atoms with Crippen LogP contribution in [0, 0.1) is 6.92 Å². The fourth-order valence-corrected chi connectivity index (χ4v) is 1.90. The Kier molecular flexibility index (Phi) is 5.89. The minimum absolute atomic E-state index is 0.0355. The summed E-state index contributed by atoms with van der Waals surface area (Å²) < 4.78 is 15.4. The average Bonchev–Trinajstić information content (AvgIpc) is 2.61. The molecule has 0 aliphatic rings. The molecule has 8 heteroatoms. The summed E-state index contributed by atoms with van der Waals surface area (Å²) in [5, 5.41) is 2.64. The number of methoxy groups -OCH3 is 2. The van der Waals surface area contributed by atoms with E-state index in [1.807, 2.05) is 0 Å². The number of esters is 1. The Morgan fingerprint density at radius 1 is 1.04 bits per heavy atom. The van der Waals surface area contributed by atoms with Gasteiger partial charge in [0.25, 0.3) is 5.91 Å². The maximum Gasteiger partial charge on any atom is 0.359 e. The molecule has 1 heterocycles. The van der Waals surface area contributed by atoms with Crippen LogP contribution in [0.3, 0.4) is 0 Å². The molecule has 1 aromatic carbocycles. The first kappa shape index (κ1) is 18.2. The second-order valence-electron chi connectivity index (χ2n) is 5.18. The molecule has 1 atom stereocenters. The number of hydrogen-bond donors (Lipinski definition) is 1. The van der Waals surface area contributed by atoms with E-state index >= 15 is 0 Å². The van der Waals surface area contributed by atoms with Crippen LogP contribution in [0.1, 0.15) is 23.1 Å². The Morgan fingerprint density at radius 2 is 1.68 bits per heavy atom. The van der Waals surface area contributed by atoms with E-state index < -0.39 is 18.0 Å². The summed E-state index contributed by atoms with van der Waals surface area (Å²) in [7, 11) is 3.01. The van der Waals surface area contributed by atoms with Crippen molar-refractivity contribution in [1.29, 1.82) is 0 Å². The SMILES string of the molecule is COc1cc(NC(=O)[C@H](C)OC(=O)c2cnc(C)cn2)cc(OC)c1. The number of amides is 1. The first-order valence-corrected chi connectivity index (χ1v) is 7.46. The number of carbonyl (C=O) groups is 2. The van der Waals surface area contributed by atoms with Crippen molar-refractivity contribution in [3.63, 3.8) is 0 Å².